The average molecular weight is 281 g/mol. The zero-order chi connectivity index (χ0) is 14.7. The van der Waals surface area contributed by atoms with Gasteiger partial charge in [-0.2, -0.15) is 0 Å². The lowest BCUT2D eigenvalue weighted by Crippen LogP contribution is -2.35. The van der Waals surface area contributed by atoms with E-state index in [2.05, 4.69) is 34.2 Å². The summed E-state index contributed by atoms with van der Waals surface area (Å²) in [6.45, 7) is 1.45. The van der Waals surface area contributed by atoms with Crippen molar-refractivity contribution in [1.29, 1.82) is 0 Å². The molecule has 0 fully saturated rings. The fraction of sp³-hybridized carbons (Fsp3) is 0.235. The molecule has 1 unspecified atom stereocenters. The van der Waals surface area contributed by atoms with Crippen molar-refractivity contribution < 1.29 is 4.74 Å². The van der Waals surface area contributed by atoms with Crippen LogP contribution in [0, 0.1) is 0 Å². The lowest BCUT2D eigenvalue weighted by Gasteiger charge is -2.27. The van der Waals surface area contributed by atoms with E-state index in [0.29, 0.717) is 12.5 Å². The van der Waals surface area contributed by atoms with Gasteiger partial charge in [0.25, 0.3) is 0 Å². The van der Waals surface area contributed by atoms with E-state index in [4.69, 9.17) is 10.5 Å². The molecule has 1 aliphatic heterocycles. The molecule has 0 amide bonds. The minimum atomic E-state index is 0.167. The van der Waals surface area contributed by atoms with Crippen LogP contribution in [0.5, 0.6) is 5.75 Å². The maximum absolute atomic E-state index is 6.07. The summed E-state index contributed by atoms with van der Waals surface area (Å²) in [5.74, 6) is 1.46. The molecule has 2 N–H and O–H groups in total. The van der Waals surface area contributed by atoms with Gasteiger partial charge in [0.2, 0.25) is 0 Å². The minimum Gasteiger partial charge on any atom is -0.497 e. The number of hydrogen-bond donors (Lipinski definition) is 1. The summed E-state index contributed by atoms with van der Waals surface area (Å²) >= 11 is 0. The lowest BCUT2D eigenvalue weighted by atomic mass is 10.1. The van der Waals surface area contributed by atoms with Gasteiger partial charge in [0.05, 0.1) is 19.7 Å². The Morgan fingerprint density at radius 3 is 2.76 bits per heavy atom. The molecule has 4 nitrogen and oxygen atoms in total. The topological polar surface area (TPSA) is 50.9 Å². The Morgan fingerprint density at radius 2 is 2.00 bits per heavy atom. The zero-order valence-electron chi connectivity index (χ0n) is 12.1. The van der Waals surface area contributed by atoms with Crippen LogP contribution >= 0.6 is 0 Å². The second-order valence-corrected chi connectivity index (χ2v) is 5.10. The summed E-state index contributed by atoms with van der Waals surface area (Å²) in [5, 5.41) is 0. The summed E-state index contributed by atoms with van der Waals surface area (Å²) in [5.41, 5.74) is 8.47. The molecule has 0 bridgehead atoms. The first-order valence-electron chi connectivity index (χ1n) is 7.02. The quantitative estimate of drug-likeness (QED) is 0.937. The minimum absolute atomic E-state index is 0.167. The van der Waals surface area contributed by atoms with Crippen LogP contribution in [-0.4, -0.2) is 24.5 Å². The van der Waals surface area contributed by atoms with Gasteiger partial charge in [0.15, 0.2) is 5.96 Å². The Bertz CT molecular complexity index is 639. The van der Waals surface area contributed by atoms with Crippen LogP contribution in [0.1, 0.15) is 17.2 Å². The van der Waals surface area contributed by atoms with Crippen molar-refractivity contribution in [2.45, 2.75) is 12.6 Å². The van der Waals surface area contributed by atoms with Crippen LogP contribution in [0.4, 0.5) is 0 Å². The molecule has 1 heterocycles. The number of ether oxygens (including phenoxy) is 1. The molecule has 0 spiro atoms. The number of nitrogens with two attached hydrogens (primary N) is 1. The number of benzene rings is 2. The molecule has 2 aromatic carbocycles. The highest BCUT2D eigenvalue weighted by Gasteiger charge is 2.27. The monoisotopic (exact) mass is 281 g/mol. The van der Waals surface area contributed by atoms with Crippen molar-refractivity contribution >= 4 is 5.96 Å². The summed E-state index contributed by atoms with van der Waals surface area (Å²) in [6, 6.07) is 18.6. The fourth-order valence-corrected chi connectivity index (χ4v) is 2.63. The Morgan fingerprint density at radius 1 is 1.19 bits per heavy atom. The van der Waals surface area contributed by atoms with Crippen LogP contribution in [0.2, 0.25) is 0 Å². The predicted molar refractivity (Wildman–Crippen MR) is 84.2 cm³/mol. The Hall–Kier alpha value is -2.49. The highest BCUT2D eigenvalue weighted by Crippen LogP contribution is 2.29. The number of aliphatic imine (C=N–C) groups is 1. The highest BCUT2D eigenvalue weighted by atomic mass is 16.5. The standard InChI is InChI=1S/C17H19N3O/c1-21-15-9-5-8-14(10-15)16-11-19-17(18)20(16)12-13-6-3-2-4-7-13/h2-10,16H,11-12H2,1H3,(H2,18,19). The molecule has 3 rings (SSSR count). The molecule has 0 saturated carbocycles. The summed E-state index contributed by atoms with van der Waals surface area (Å²) < 4.78 is 5.31. The third-order valence-electron chi connectivity index (χ3n) is 3.77. The number of hydrogen-bond acceptors (Lipinski definition) is 4. The molecule has 21 heavy (non-hydrogen) atoms. The van der Waals surface area contributed by atoms with Crippen molar-refractivity contribution in [3.05, 3.63) is 65.7 Å². The van der Waals surface area contributed by atoms with Gasteiger partial charge in [-0.05, 0) is 23.3 Å². The first-order chi connectivity index (χ1) is 10.3. The van der Waals surface area contributed by atoms with Gasteiger partial charge in [-0.15, -0.1) is 0 Å². The first-order valence-corrected chi connectivity index (χ1v) is 7.02. The van der Waals surface area contributed by atoms with Gasteiger partial charge in [-0.25, -0.2) is 0 Å². The van der Waals surface area contributed by atoms with Gasteiger partial charge >= 0.3 is 0 Å². The molecule has 1 atom stereocenters. The fourth-order valence-electron chi connectivity index (χ4n) is 2.63. The normalized spacial score (nSPS) is 17.7. The van der Waals surface area contributed by atoms with Gasteiger partial charge < -0.3 is 15.4 Å². The van der Waals surface area contributed by atoms with Crippen molar-refractivity contribution in [2.75, 3.05) is 13.7 Å². The number of rotatable bonds is 4. The largest absolute Gasteiger partial charge is 0.497 e. The second kappa shape index (κ2) is 5.87. The maximum atomic E-state index is 6.07. The van der Waals surface area contributed by atoms with E-state index in [1.54, 1.807) is 7.11 Å². The average Bonchev–Trinajstić information content (AvgIpc) is 2.89. The van der Waals surface area contributed by atoms with E-state index in [1.165, 1.54) is 11.1 Å². The first kappa shape index (κ1) is 13.5. The van der Waals surface area contributed by atoms with Crippen molar-refractivity contribution in [1.82, 2.24) is 4.90 Å². The molecular weight excluding hydrogens is 262 g/mol. The van der Waals surface area contributed by atoms with Gasteiger partial charge in [-0.3, -0.25) is 4.99 Å². The third kappa shape index (κ3) is 2.84. The van der Waals surface area contributed by atoms with Crippen molar-refractivity contribution in [2.24, 2.45) is 10.7 Å². The van der Waals surface area contributed by atoms with Crippen molar-refractivity contribution in [3.63, 3.8) is 0 Å². The van der Waals surface area contributed by atoms with Crippen LogP contribution in [0.3, 0.4) is 0 Å². The van der Waals surface area contributed by atoms with Crippen LogP contribution in [-0.2, 0) is 6.54 Å². The molecule has 2 aromatic rings. The molecule has 0 aromatic heterocycles. The Labute approximate surface area is 124 Å². The van der Waals surface area contributed by atoms with E-state index in [9.17, 15) is 0 Å². The Balaban J connectivity index is 1.84. The number of nitrogens with zero attached hydrogens (tertiary/aromatic N) is 2. The summed E-state index contributed by atoms with van der Waals surface area (Å²) in [6.07, 6.45) is 0. The molecule has 1 aliphatic rings. The molecule has 108 valence electrons. The smallest absolute Gasteiger partial charge is 0.192 e. The van der Waals surface area contributed by atoms with Crippen LogP contribution in [0.15, 0.2) is 59.6 Å². The molecular formula is C17H19N3O. The molecule has 0 saturated heterocycles. The lowest BCUT2D eigenvalue weighted by molar-refractivity contribution is 0.338. The SMILES string of the molecule is COc1cccc(C2CN=C(N)N2Cc2ccccc2)c1. The number of guanidine groups is 1. The maximum Gasteiger partial charge on any atom is 0.192 e. The van der Waals surface area contributed by atoms with Crippen LogP contribution in [0.25, 0.3) is 0 Å². The third-order valence-corrected chi connectivity index (χ3v) is 3.77. The van der Waals surface area contributed by atoms with Gasteiger partial charge in [0.1, 0.15) is 5.75 Å². The molecule has 4 heteroatoms. The van der Waals surface area contributed by atoms with Crippen LogP contribution < -0.4 is 10.5 Å². The summed E-state index contributed by atoms with van der Waals surface area (Å²) in [4.78, 5) is 6.55. The Kier molecular flexibility index (Phi) is 3.77. The molecule has 0 aliphatic carbocycles. The van der Waals surface area contributed by atoms with E-state index in [-0.39, 0.29) is 6.04 Å². The summed E-state index contributed by atoms with van der Waals surface area (Å²) in [7, 11) is 1.68. The van der Waals surface area contributed by atoms with E-state index in [0.717, 1.165) is 12.3 Å². The van der Waals surface area contributed by atoms with E-state index in [1.807, 2.05) is 30.3 Å². The zero-order valence-corrected chi connectivity index (χ0v) is 12.1. The predicted octanol–water partition coefficient (Wildman–Crippen LogP) is 2.57. The van der Waals surface area contributed by atoms with E-state index >= 15 is 0 Å². The number of methoxy groups -OCH3 is 1. The van der Waals surface area contributed by atoms with E-state index < -0.39 is 0 Å². The van der Waals surface area contributed by atoms with Crippen molar-refractivity contribution in [3.8, 4) is 5.75 Å². The molecule has 0 radical (unpaired) electrons. The van der Waals surface area contributed by atoms with Gasteiger partial charge in [-0.1, -0.05) is 42.5 Å². The second-order valence-electron chi connectivity index (χ2n) is 5.10. The highest BCUT2D eigenvalue weighted by molar-refractivity contribution is 5.80. The van der Waals surface area contributed by atoms with Gasteiger partial charge in [0, 0.05) is 6.54 Å².